The normalized spacial score (nSPS) is 14.6. The third kappa shape index (κ3) is 13.9. The molecule has 2 aliphatic heterocycles. The Balaban J connectivity index is 0.000000236. The zero-order chi connectivity index (χ0) is 45.3. The van der Waals surface area contributed by atoms with E-state index in [9.17, 15) is 28.8 Å². The Morgan fingerprint density at radius 3 is 1.33 bits per heavy atom. The summed E-state index contributed by atoms with van der Waals surface area (Å²) in [6.07, 6.45) is -1.05. The van der Waals surface area contributed by atoms with Gasteiger partial charge >= 0.3 is 23.6 Å². The molecular formula is C45H51ClN4O13. The highest BCUT2D eigenvalue weighted by molar-refractivity contribution is 6.61. The van der Waals surface area contributed by atoms with Gasteiger partial charge in [0.1, 0.15) is 13.2 Å². The van der Waals surface area contributed by atoms with E-state index in [0.717, 1.165) is 11.1 Å². The lowest BCUT2D eigenvalue weighted by molar-refractivity contribution is -0.129. The summed E-state index contributed by atoms with van der Waals surface area (Å²) in [5, 5.41) is 7.76. The average Bonchev–Trinajstić information content (AvgIpc) is 3.77. The van der Waals surface area contributed by atoms with Gasteiger partial charge in [0.05, 0.1) is 52.9 Å². The van der Waals surface area contributed by atoms with Gasteiger partial charge in [0, 0.05) is 25.3 Å². The summed E-state index contributed by atoms with van der Waals surface area (Å²) < 4.78 is 35.0. The number of nitrogens with one attached hydrogen (secondary N) is 3. The van der Waals surface area contributed by atoms with Gasteiger partial charge in [-0.3, -0.25) is 14.9 Å². The van der Waals surface area contributed by atoms with Crippen LogP contribution in [-0.4, -0.2) is 120 Å². The van der Waals surface area contributed by atoms with Gasteiger partial charge < -0.3 is 43.8 Å². The van der Waals surface area contributed by atoms with E-state index in [-0.39, 0.29) is 25.7 Å². The number of carbonyl (C=O) groups is 6. The molecule has 2 fully saturated rings. The van der Waals surface area contributed by atoms with Crippen LogP contribution >= 0.6 is 11.6 Å². The van der Waals surface area contributed by atoms with Gasteiger partial charge in [-0.25, -0.2) is 19.2 Å². The quantitative estimate of drug-likeness (QED) is 0.0572. The molecule has 2 saturated heterocycles. The number of ether oxygens (including phenoxy) is 7. The standard InChI is InChI=1S/C23H26N2O7.C15H12N2O2.C7H13ClO4/c1-29-12-13-30-14-15-31-16-17-32-22(28)25-20(26)23(24-21(25)27,18-8-4-2-5-9-18)19-10-6-3-7-11-19;18-13-15(17-14(19)16-13,11-7-3-1-4-8-11)12-9-5-2-6-10-12;1-2-10-3-4-11-5-6-12-7(8)9/h2-11H,12-17H2,1H3,(H,24,27);1-10H,(H2,16,17,18,19);2-6H2,1H3. The SMILES string of the molecule is CCOCCOCCOC(=O)Cl.COCCOCCOCCOC(=O)N1C(=O)NC(c2ccccc2)(c2ccccc2)C1=O.O=C1NC(=O)C(c2ccccc2)(c2ccccc2)N1. The molecule has 0 saturated carbocycles. The van der Waals surface area contributed by atoms with Gasteiger partial charge in [-0.1, -0.05) is 121 Å². The monoisotopic (exact) mass is 890 g/mol. The molecule has 4 aromatic carbocycles. The van der Waals surface area contributed by atoms with Crippen molar-refractivity contribution in [1.82, 2.24) is 20.9 Å². The van der Waals surface area contributed by atoms with Crippen LogP contribution in [0.15, 0.2) is 121 Å². The molecule has 0 aromatic heterocycles. The molecule has 6 rings (SSSR count). The molecule has 63 heavy (non-hydrogen) atoms. The maximum atomic E-state index is 13.4. The molecular weight excluding hydrogens is 840 g/mol. The Kier molecular flexibility index (Phi) is 20.6. The molecule has 17 nitrogen and oxygen atoms in total. The van der Waals surface area contributed by atoms with Gasteiger partial charge in [0.2, 0.25) is 0 Å². The second kappa shape index (κ2) is 26.3. The number of imide groups is 4. The summed E-state index contributed by atoms with van der Waals surface area (Å²) in [6.45, 7) is 5.84. The van der Waals surface area contributed by atoms with Crippen molar-refractivity contribution in [2.75, 3.05) is 79.8 Å². The number of hydrogen-bond donors (Lipinski definition) is 3. The number of nitrogens with zero attached hydrogens (tertiary/aromatic N) is 1. The second-order valence-electron chi connectivity index (χ2n) is 13.2. The van der Waals surface area contributed by atoms with Crippen molar-refractivity contribution in [1.29, 1.82) is 0 Å². The van der Waals surface area contributed by atoms with Gasteiger partial charge in [-0.2, -0.15) is 4.90 Å². The van der Waals surface area contributed by atoms with Gasteiger partial charge in [-0.15, -0.1) is 0 Å². The minimum absolute atomic E-state index is 0.103. The maximum Gasteiger partial charge on any atom is 0.425 e. The minimum Gasteiger partial charge on any atom is -0.451 e. The highest BCUT2D eigenvalue weighted by Gasteiger charge is 2.56. The molecule has 0 unspecified atom stereocenters. The molecule has 336 valence electrons. The van der Waals surface area contributed by atoms with E-state index >= 15 is 0 Å². The Bertz CT molecular complexity index is 1970. The number of amides is 7. The summed E-state index contributed by atoms with van der Waals surface area (Å²) in [5.74, 6) is -1.08. The molecule has 0 bridgehead atoms. The van der Waals surface area contributed by atoms with E-state index in [0.29, 0.717) is 68.9 Å². The fraction of sp³-hybridized carbons (Fsp3) is 0.333. The first-order chi connectivity index (χ1) is 30.6. The van der Waals surface area contributed by atoms with E-state index in [1.165, 1.54) is 0 Å². The van der Waals surface area contributed by atoms with Crippen molar-refractivity contribution in [3.63, 3.8) is 0 Å². The maximum absolute atomic E-state index is 13.4. The number of urea groups is 2. The highest BCUT2D eigenvalue weighted by Crippen LogP contribution is 2.36. The number of benzene rings is 4. The summed E-state index contributed by atoms with van der Waals surface area (Å²) in [5.41, 5.74) is -0.903. The van der Waals surface area contributed by atoms with Crippen molar-refractivity contribution in [3.8, 4) is 0 Å². The summed E-state index contributed by atoms with van der Waals surface area (Å²) in [4.78, 5) is 73.1. The molecule has 0 spiro atoms. The van der Waals surface area contributed by atoms with Crippen LogP contribution in [0.25, 0.3) is 0 Å². The van der Waals surface area contributed by atoms with Gasteiger partial charge in [0.15, 0.2) is 11.1 Å². The molecule has 0 radical (unpaired) electrons. The Hall–Kier alpha value is -6.21. The van der Waals surface area contributed by atoms with Crippen molar-refractivity contribution in [2.24, 2.45) is 0 Å². The van der Waals surface area contributed by atoms with Crippen molar-refractivity contribution >= 4 is 47.0 Å². The van der Waals surface area contributed by atoms with Crippen LogP contribution in [0.5, 0.6) is 0 Å². The van der Waals surface area contributed by atoms with Crippen LogP contribution < -0.4 is 16.0 Å². The largest absolute Gasteiger partial charge is 0.451 e. The predicted octanol–water partition coefficient (Wildman–Crippen LogP) is 5.48. The van der Waals surface area contributed by atoms with E-state index in [4.69, 9.17) is 40.0 Å². The first kappa shape index (κ1) is 49.4. The zero-order valence-corrected chi connectivity index (χ0v) is 35.7. The van der Waals surface area contributed by atoms with Crippen LogP contribution in [0, 0.1) is 0 Å². The lowest BCUT2D eigenvalue weighted by atomic mass is 9.83. The van der Waals surface area contributed by atoms with E-state index < -0.39 is 40.6 Å². The highest BCUT2D eigenvalue weighted by atomic mass is 35.5. The van der Waals surface area contributed by atoms with Crippen LogP contribution in [0.3, 0.4) is 0 Å². The van der Waals surface area contributed by atoms with Crippen molar-refractivity contribution < 1.29 is 61.9 Å². The zero-order valence-electron chi connectivity index (χ0n) is 35.0. The molecule has 0 atom stereocenters. The Morgan fingerprint density at radius 1 is 0.540 bits per heavy atom. The number of halogens is 1. The van der Waals surface area contributed by atoms with Crippen LogP contribution in [-0.2, 0) is 53.8 Å². The number of carbonyl (C=O) groups excluding carboxylic acids is 6. The van der Waals surface area contributed by atoms with Crippen molar-refractivity contribution in [2.45, 2.75) is 18.0 Å². The summed E-state index contributed by atoms with van der Waals surface area (Å²) >= 11 is 4.90. The smallest absolute Gasteiger partial charge is 0.425 e. The lowest BCUT2D eigenvalue weighted by Crippen LogP contribution is -2.45. The van der Waals surface area contributed by atoms with Crippen LogP contribution in [0.1, 0.15) is 29.2 Å². The molecule has 4 aromatic rings. The Labute approximate surface area is 370 Å². The fourth-order valence-corrected chi connectivity index (χ4v) is 6.37. The van der Waals surface area contributed by atoms with Crippen molar-refractivity contribution in [3.05, 3.63) is 144 Å². The molecule has 7 amide bonds. The molecule has 3 N–H and O–H groups in total. The topological polar surface area (TPSA) is 206 Å². The minimum atomic E-state index is -1.52. The third-order valence-electron chi connectivity index (χ3n) is 9.18. The fourth-order valence-electron chi connectivity index (χ4n) is 6.30. The molecule has 18 heteroatoms. The van der Waals surface area contributed by atoms with E-state index in [1.54, 1.807) is 67.8 Å². The number of methoxy groups -OCH3 is 1. The van der Waals surface area contributed by atoms with Crippen LogP contribution in [0.4, 0.5) is 19.2 Å². The van der Waals surface area contributed by atoms with Crippen LogP contribution in [0.2, 0.25) is 0 Å². The first-order valence-corrected chi connectivity index (χ1v) is 20.3. The number of hydrogen-bond acceptors (Lipinski definition) is 13. The third-order valence-corrected chi connectivity index (χ3v) is 9.29. The van der Waals surface area contributed by atoms with E-state index in [2.05, 4.69) is 20.7 Å². The number of rotatable bonds is 20. The van der Waals surface area contributed by atoms with Gasteiger partial charge in [0.25, 0.3) is 11.8 Å². The molecule has 0 aliphatic carbocycles. The summed E-state index contributed by atoms with van der Waals surface area (Å²) in [7, 11) is 1.59. The predicted molar refractivity (Wildman–Crippen MR) is 229 cm³/mol. The lowest BCUT2D eigenvalue weighted by Gasteiger charge is -2.27. The first-order valence-electron chi connectivity index (χ1n) is 19.9. The second-order valence-corrected chi connectivity index (χ2v) is 13.5. The van der Waals surface area contributed by atoms with E-state index in [1.807, 2.05) is 67.6 Å². The molecule has 2 aliphatic rings. The van der Waals surface area contributed by atoms with Gasteiger partial charge in [-0.05, 0) is 29.2 Å². The molecule has 2 heterocycles. The average molecular weight is 891 g/mol. The summed E-state index contributed by atoms with van der Waals surface area (Å²) in [6, 6.07) is 34.7. The Morgan fingerprint density at radius 2 is 0.937 bits per heavy atom.